The summed E-state index contributed by atoms with van der Waals surface area (Å²) in [7, 11) is 0. The number of nitrogens with zero attached hydrogens (tertiary/aromatic N) is 1. The number of anilines is 1. The molecule has 2 aromatic rings. The fourth-order valence-electron chi connectivity index (χ4n) is 1.88. The fraction of sp³-hybridized carbons (Fsp3) is 0.143. The lowest BCUT2D eigenvalue weighted by atomic mass is 10.2. The van der Waals surface area contributed by atoms with Crippen molar-refractivity contribution in [1.82, 2.24) is 4.57 Å². The highest BCUT2D eigenvalue weighted by Crippen LogP contribution is 2.20. The lowest BCUT2D eigenvalue weighted by Crippen LogP contribution is -2.18. The highest BCUT2D eigenvalue weighted by atomic mass is 127. The first kappa shape index (κ1) is 14.6. The number of halogens is 1. The van der Waals surface area contributed by atoms with E-state index in [9.17, 15) is 14.7 Å². The van der Waals surface area contributed by atoms with E-state index >= 15 is 0 Å². The predicted octanol–water partition coefficient (Wildman–Crippen LogP) is 3.06. The molecule has 0 saturated carbocycles. The van der Waals surface area contributed by atoms with Gasteiger partial charge >= 0.3 is 5.97 Å². The zero-order valence-electron chi connectivity index (χ0n) is 10.8. The number of aromatic carboxylic acids is 1. The molecule has 0 saturated heterocycles. The number of carbonyl (C=O) groups is 2. The highest BCUT2D eigenvalue weighted by molar-refractivity contribution is 14.1. The zero-order chi connectivity index (χ0) is 14.7. The Bertz CT molecular complexity index is 664. The van der Waals surface area contributed by atoms with Gasteiger partial charge in [-0.15, -0.1) is 0 Å². The van der Waals surface area contributed by atoms with E-state index in [1.54, 1.807) is 35.0 Å². The fourth-order valence-corrected chi connectivity index (χ4v) is 2.38. The lowest BCUT2D eigenvalue weighted by Gasteiger charge is -2.10. The summed E-state index contributed by atoms with van der Waals surface area (Å²) in [4.78, 5) is 23.4. The molecule has 0 unspecified atom stereocenters. The smallest absolute Gasteiger partial charge is 0.337 e. The average molecular weight is 384 g/mol. The monoisotopic (exact) mass is 384 g/mol. The van der Waals surface area contributed by atoms with E-state index in [-0.39, 0.29) is 11.5 Å². The Morgan fingerprint density at radius 2 is 2.10 bits per heavy atom. The van der Waals surface area contributed by atoms with Crippen molar-refractivity contribution in [1.29, 1.82) is 0 Å². The SMILES string of the molecule is CCn1cccc1C(=O)Nc1ccc(I)cc1C(=O)O. The Labute approximate surface area is 129 Å². The Morgan fingerprint density at radius 1 is 1.35 bits per heavy atom. The molecule has 0 aliphatic heterocycles. The van der Waals surface area contributed by atoms with E-state index in [4.69, 9.17) is 0 Å². The second-order valence-corrected chi connectivity index (χ2v) is 5.37. The molecule has 1 amide bonds. The molecule has 2 rings (SSSR count). The summed E-state index contributed by atoms with van der Waals surface area (Å²) in [5.74, 6) is -1.38. The van der Waals surface area contributed by atoms with Crippen LogP contribution in [0.15, 0.2) is 36.5 Å². The standard InChI is InChI=1S/C14H13IN2O3/c1-2-17-7-3-4-12(17)13(18)16-11-6-5-9(15)8-10(11)14(19)20/h3-8H,2H2,1H3,(H,16,18)(H,19,20). The maximum Gasteiger partial charge on any atom is 0.337 e. The van der Waals surface area contributed by atoms with Crippen LogP contribution in [0.1, 0.15) is 27.8 Å². The van der Waals surface area contributed by atoms with Gasteiger partial charge in [0.1, 0.15) is 5.69 Å². The van der Waals surface area contributed by atoms with Crippen LogP contribution in [0.4, 0.5) is 5.69 Å². The first-order valence-corrected chi connectivity index (χ1v) is 7.10. The number of aryl methyl sites for hydroxylation is 1. The quantitative estimate of drug-likeness (QED) is 0.797. The van der Waals surface area contributed by atoms with Crippen LogP contribution in [0.5, 0.6) is 0 Å². The summed E-state index contributed by atoms with van der Waals surface area (Å²) in [6, 6.07) is 8.36. The van der Waals surface area contributed by atoms with Gasteiger partial charge in [0.15, 0.2) is 0 Å². The Kier molecular flexibility index (Phi) is 4.43. The topological polar surface area (TPSA) is 71.3 Å². The molecule has 0 fully saturated rings. The number of benzene rings is 1. The summed E-state index contributed by atoms with van der Waals surface area (Å²) in [5.41, 5.74) is 0.883. The van der Waals surface area contributed by atoms with Crippen molar-refractivity contribution >= 4 is 40.2 Å². The minimum absolute atomic E-state index is 0.0832. The molecule has 1 heterocycles. The van der Waals surface area contributed by atoms with Crippen LogP contribution < -0.4 is 5.32 Å². The molecule has 104 valence electrons. The first-order chi connectivity index (χ1) is 9.52. The van der Waals surface area contributed by atoms with Crippen molar-refractivity contribution < 1.29 is 14.7 Å². The molecule has 0 radical (unpaired) electrons. The largest absolute Gasteiger partial charge is 0.478 e. The first-order valence-electron chi connectivity index (χ1n) is 6.02. The molecule has 0 aliphatic rings. The third-order valence-electron chi connectivity index (χ3n) is 2.86. The van der Waals surface area contributed by atoms with E-state index in [2.05, 4.69) is 5.32 Å². The second-order valence-electron chi connectivity index (χ2n) is 4.13. The number of rotatable bonds is 4. The molecular weight excluding hydrogens is 371 g/mol. The zero-order valence-corrected chi connectivity index (χ0v) is 12.9. The van der Waals surface area contributed by atoms with Gasteiger partial charge in [0.05, 0.1) is 11.3 Å². The number of hydrogen-bond donors (Lipinski definition) is 2. The highest BCUT2D eigenvalue weighted by Gasteiger charge is 2.15. The number of carboxylic acid groups (broad SMARTS) is 1. The van der Waals surface area contributed by atoms with Crippen LogP contribution >= 0.6 is 22.6 Å². The van der Waals surface area contributed by atoms with E-state index in [1.165, 1.54) is 6.07 Å². The Morgan fingerprint density at radius 3 is 2.75 bits per heavy atom. The van der Waals surface area contributed by atoms with Crippen molar-refractivity contribution in [2.45, 2.75) is 13.5 Å². The van der Waals surface area contributed by atoms with Gasteiger partial charge in [-0.25, -0.2) is 4.79 Å². The number of hydrogen-bond acceptors (Lipinski definition) is 2. The number of nitrogens with one attached hydrogen (secondary N) is 1. The third kappa shape index (κ3) is 3.01. The van der Waals surface area contributed by atoms with Gasteiger partial charge < -0.3 is 15.0 Å². The molecule has 0 bridgehead atoms. The summed E-state index contributed by atoms with van der Waals surface area (Å²) < 4.78 is 2.59. The van der Waals surface area contributed by atoms with E-state index in [0.717, 1.165) is 3.57 Å². The van der Waals surface area contributed by atoms with E-state index in [1.807, 2.05) is 29.5 Å². The van der Waals surface area contributed by atoms with Gasteiger partial charge in [-0.05, 0) is 59.8 Å². The summed E-state index contributed by atoms with van der Waals surface area (Å²) in [5, 5.41) is 11.8. The van der Waals surface area contributed by atoms with Crippen molar-refractivity contribution in [3.8, 4) is 0 Å². The predicted molar refractivity (Wildman–Crippen MR) is 84.2 cm³/mol. The molecule has 0 aliphatic carbocycles. The van der Waals surface area contributed by atoms with Crippen molar-refractivity contribution in [3.63, 3.8) is 0 Å². The van der Waals surface area contributed by atoms with Crippen LogP contribution in [0.3, 0.4) is 0 Å². The third-order valence-corrected chi connectivity index (χ3v) is 3.53. The molecule has 1 aromatic heterocycles. The molecule has 1 aromatic carbocycles. The Balaban J connectivity index is 2.31. The second kappa shape index (κ2) is 6.08. The normalized spacial score (nSPS) is 10.3. The molecule has 2 N–H and O–H groups in total. The summed E-state index contributed by atoms with van der Waals surface area (Å²) in [6.45, 7) is 2.61. The average Bonchev–Trinajstić information content (AvgIpc) is 2.89. The van der Waals surface area contributed by atoms with Crippen LogP contribution in [0, 0.1) is 3.57 Å². The van der Waals surface area contributed by atoms with Gasteiger partial charge in [0.2, 0.25) is 0 Å². The van der Waals surface area contributed by atoms with Crippen LogP contribution in [0.25, 0.3) is 0 Å². The van der Waals surface area contributed by atoms with Crippen molar-refractivity contribution in [3.05, 3.63) is 51.4 Å². The van der Waals surface area contributed by atoms with Gasteiger partial charge in [-0.2, -0.15) is 0 Å². The molecule has 5 nitrogen and oxygen atoms in total. The maximum atomic E-state index is 12.2. The van der Waals surface area contributed by atoms with Gasteiger partial charge in [-0.1, -0.05) is 0 Å². The van der Waals surface area contributed by atoms with Gasteiger partial charge in [0, 0.05) is 16.3 Å². The number of carboxylic acids is 1. The molecule has 0 spiro atoms. The van der Waals surface area contributed by atoms with E-state index < -0.39 is 5.97 Å². The molecular formula is C14H13IN2O3. The van der Waals surface area contributed by atoms with Crippen molar-refractivity contribution in [2.75, 3.05) is 5.32 Å². The summed E-state index contributed by atoms with van der Waals surface area (Å²) in [6.07, 6.45) is 1.81. The Hall–Kier alpha value is -1.83. The van der Waals surface area contributed by atoms with E-state index in [0.29, 0.717) is 17.9 Å². The van der Waals surface area contributed by atoms with Gasteiger partial charge in [-0.3, -0.25) is 4.79 Å². The molecule has 0 atom stereocenters. The maximum absolute atomic E-state index is 12.2. The van der Waals surface area contributed by atoms with Crippen molar-refractivity contribution in [2.24, 2.45) is 0 Å². The van der Waals surface area contributed by atoms with Crippen LogP contribution in [-0.2, 0) is 6.54 Å². The minimum Gasteiger partial charge on any atom is -0.478 e. The number of carbonyl (C=O) groups excluding carboxylic acids is 1. The molecule has 6 heteroatoms. The van der Waals surface area contributed by atoms with Crippen LogP contribution in [0.2, 0.25) is 0 Å². The molecule has 20 heavy (non-hydrogen) atoms. The van der Waals surface area contributed by atoms with Gasteiger partial charge in [0.25, 0.3) is 5.91 Å². The lowest BCUT2D eigenvalue weighted by molar-refractivity contribution is 0.0698. The summed E-state index contributed by atoms with van der Waals surface area (Å²) >= 11 is 2.03. The van der Waals surface area contributed by atoms with Crippen LogP contribution in [-0.4, -0.2) is 21.6 Å². The minimum atomic E-state index is -1.07. The number of aromatic nitrogens is 1. The number of amides is 1.